The van der Waals surface area contributed by atoms with Crippen LogP contribution in [-0.4, -0.2) is 11.2 Å². The highest BCUT2D eigenvalue weighted by molar-refractivity contribution is 5.74. The van der Waals surface area contributed by atoms with E-state index in [0.717, 1.165) is 24.1 Å². The number of hydrogen-bond acceptors (Lipinski definition) is 2. The molecule has 2 aliphatic rings. The second-order valence-electron chi connectivity index (χ2n) is 7.75. The zero-order valence-corrected chi connectivity index (χ0v) is 16.9. The first-order valence-electron chi connectivity index (χ1n) is 10.1. The van der Waals surface area contributed by atoms with Crippen molar-refractivity contribution in [3.8, 4) is 0 Å². The quantitative estimate of drug-likeness (QED) is 0.431. The zero-order valence-electron chi connectivity index (χ0n) is 16.9. The van der Waals surface area contributed by atoms with Crippen LogP contribution in [0.1, 0.15) is 37.1 Å². The molecule has 2 unspecified atom stereocenters. The number of hydrogen-bond donors (Lipinski definition) is 1. The van der Waals surface area contributed by atoms with Gasteiger partial charge >= 0.3 is 0 Å². The molecule has 0 saturated heterocycles. The molecule has 1 aromatic heterocycles. The normalized spacial score (nSPS) is 25.1. The standard InChI is InChI=1S/C26H26N2O/c1-3-22-21-16-19(2)18-26(22,23-13-14-25(29)28-24(23)17-21)27-15-9-5-8-12-20-10-6-4-7-11-20/h3-16,21H,17-18H2,1-2H3,(H,28,29)/b9-5+,12-8+,22-3+,27-15+. The van der Waals surface area contributed by atoms with Crippen LogP contribution in [0.5, 0.6) is 0 Å². The molecule has 0 aliphatic heterocycles. The van der Waals surface area contributed by atoms with Crippen LogP contribution < -0.4 is 5.56 Å². The largest absolute Gasteiger partial charge is 0.326 e. The number of benzene rings is 1. The van der Waals surface area contributed by atoms with Crippen molar-refractivity contribution in [3.63, 3.8) is 0 Å². The average Bonchev–Trinajstić information content (AvgIpc) is 2.70. The Morgan fingerprint density at radius 1 is 1.10 bits per heavy atom. The topological polar surface area (TPSA) is 45.2 Å². The predicted molar refractivity (Wildman–Crippen MR) is 121 cm³/mol. The van der Waals surface area contributed by atoms with Gasteiger partial charge in [-0.25, -0.2) is 0 Å². The molecule has 0 spiro atoms. The van der Waals surface area contributed by atoms with Crippen molar-refractivity contribution < 1.29 is 0 Å². The molecule has 146 valence electrons. The average molecular weight is 383 g/mol. The SMILES string of the molecule is C/C=C1\C2C=C(C)CC1(/N=C/C=C/C=C/c1ccccc1)c1ccc(=O)[nH]c1C2. The second-order valence-corrected chi connectivity index (χ2v) is 7.75. The Hall–Kier alpha value is -3.20. The van der Waals surface area contributed by atoms with Gasteiger partial charge in [-0.2, -0.15) is 0 Å². The Balaban J connectivity index is 1.67. The van der Waals surface area contributed by atoms with Gasteiger partial charge in [-0.05, 0) is 43.5 Å². The Morgan fingerprint density at radius 3 is 2.72 bits per heavy atom. The van der Waals surface area contributed by atoms with E-state index in [4.69, 9.17) is 4.99 Å². The summed E-state index contributed by atoms with van der Waals surface area (Å²) >= 11 is 0. The maximum Gasteiger partial charge on any atom is 0.248 e. The number of allylic oxidation sites excluding steroid dienone is 5. The maximum atomic E-state index is 11.9. The number of pyridine rings is 1. The fraction of sp³-hybridized carbons (Fsp3) is 0.231. The maximum absolute atomic E-state index is 11.9. The van der Waals surface area contributed by atoms with Gasteiger partial charge in [0, 0.05) is 35.9 Å². The van der Waals surface area contributed by atoms with Crippen molar-refractivity contribution in [2.24, 2.45) is 10.9 Å². The summed E-state index contributed by atoms with van der Waals surface area (Å²) in [5, 5.41) is 0. The predicted octanol–water partition coefficient (Wildman–Crippen LogP) is 5.38. The van der Waals surface area contributed by atoms with Crippen LogP contribution in [0.15, 0.2) is 93.8 Å². The van der Waals surface area contributed by atoms with E-state index in [1.54, 1.807) is 6.07 Å². The third-order valence-corrected chi connectivity index (χ3v) is 5.77. The summed E-state index contributed by atoms with van der Waals surface area (Å²) in [4.78, 5) is 20.0. The first-order chi connectivity index (χ1) is 14.1. The van der Waals surface area contributed by atoms with Gasteiger partial charge in [0.1, 0.15) is 5.54 Å². The van der Waals surface area contributed by atoms with Crippen molar-refractivity contribution in [2.45, 2.75) is 32.2 Å². The van der Waals surface area contributed by atoms with E-state index in [-0.39, 0.29) is 5.56 Å². The van der Waals surface area contributed by atoms with E-state index < -0.39 is 5.54 Å². The summed E-state index contributed by atoms with van der Waals surface area (Å²) < 4.78 is 0. The highest BCUT2D eigenvalue weighted by atomic mass is 16.1. The van der Waals surface area contributed by atoms with Crippen molar-refractivity contribution in [1.82, 2.24) is 4.98 Å². The van der Waals surface area contributed by atoms with Crippen molar-refractivity contribution in [2.75, 3.05) is 0 Å². The van der Waals surface area contributed by atoms with E-state index in [1.807, 2.05) is 48.7 Å². The fourth-order valence-corrected chi connectivity index (χ4v) is 4.67. The lowest BCUT2D eigenvalue weighted by Crippen LogP contribution is -2.40. The Kier molecular flexibility index (Phi) is 5.30. The molecule has 1 heterocycles. The smallest absolute Gasteiger partial charge is 0.248 e. The van der Waals surface area contributed by atoms with Crippen LogP contribution >= 0.6 is 0 Å². The van der Waals surface area contributed by atoms with Crippen molar-refractivity contribution >= 4 is 12.3 Å². The van der Waals surface area contributed by atoms with E-state index in [0.29, 0.717) is 5.92 Å². The van der Waals surface area contributed by atoms with Gasteiger partial charge in [-0.3, -0.25) is 9.79 Å². The Labute approximate surface area is 171 Å². The number of nitrogens with zero attached hydrogens (tertiary/aromatic N) is 1. The van der Waals surface area contributed by atoms with Crippen LogP contribution in [0, 0.1) is 5.92 Å². The summed E-state index contributed by atoms with van der Waals surface area (Å²) in [6.45, 7) is 4.27. The minimum atomic E-state index is -0.427. The molecule has 3 nitrogen and oxygen atoms in total. The highest BCUT2D eigenvalue weighted by Gasteiger charge is 2.46. The van der Waals surface area contributed by atoms with Crippen molar-refractivity contribution in [1.29, 1.82) is 0 Å². The number of nitrogens with one attached hydrogen (secondary N) is 1. The van der Waals surface area contributed by atoms with Gasteiger partial charge in [0.25, 0.3) is 0 Å². The van der Waals surface area contributed by atoms with Gasteiger partial charge in [-0.1, -0.05) is 66.3 Å². The third kappa shape index (κ3) is 3.73. The Morgan fingerprint density at radius 2 is 1.93 bits per heavy atom. The number of H-pyrrole nitrogens is 1. The fourth-order valence-electron chi connectivity index (χ4n) is 4.67. The van der Waals surface area contributed by atoms with Crippen LogP contribution in [-0.2, 0) is 12.0 Å². The van der Waals surface area contributed by atoms with Gasteiger partial charge in [-0.15, -0.1) is 0 Å². The molecule has 2 atom stereocenters. The van der Waals surface area contributed by atoms with Crippen LogP contribution in [0.2, 0.25) is 0 Å². The molecule has 29 heavy (non-hydrogen) atoms. The second kappa shape index (κ2) is 8.04. The minimum Gasteiger partial charge on any atom is -0.326 e. The highest BCUT2D eigenvalue weighted by Crippen LogP contribution is 2.51. The molecule has 0 saturated carbocycles. The van der Waals surface area contributed by atoms with E-state index >= 15 is 0 Å². The molecule has 2 aromatic rings. The molecule has 3 heteroatoms. The first-order valence-corrected chi connectivity index (χ1v) is 10.1. The van der Waals surface area contributed by atoms with Crippen molar-refractivity contribution in [3.05, 3.63) is 111 Å². The molecule has 1 N–H and O–H groups in total. The summed E-state index contributed by atoms with van der Waals surface area (Å²) in [6.07, 6.45) is 16.2. The number of aliphatic imine (C=N–C) groups is 1. The van der Waals surface area contributed by atoms with E-state index in [1.165, 1.54) is 16.7 Å². The van der Waals surface area contributed by atoms with Crippen LogP contribution in [0.3, 0.4) is 0 Å². The molecular weight excluding hydrogens is 356 g/mol. The number of aromatic nitrogens is 1. The molecule has 2 aliphatic carbocycles. The molecular formula is C26H26N2O. The third-order valence-electron chi connectivity index (χ3n) is 5.77. The molecule has 2 bridgehead atoms. The number of fused-ring (bicyclic) bond motifs is 4. The lowest BCUT2D eigenvalue weighted by molar-refractivity contribution is 0.413. The first kappa shape index (κ1) is 19.1. The monoisotopic (exact) mass is 382 g/mol. The summed E-state index contributed by atoms with van der Waals surface area (Å²) in [7, 11) is 0. The van der Waals surface area contributed by atoms with Gasteiger partial charge in [0.05, 0.1) is 0 Å². The van der Waals surface area contributed by atoms with Crippen LogP contribution in [0.25, 0.3) is 6.08 Å². The van der Waals surface area contributed by atoms with Gasteiger partial charge in [0.2, 0.25) is 5.56 Å². The van der Waals surface area contributed by atoms with E-state index in [9.17, 15) is 4.79 Å². The molecule has 1 aromatic carbocycles. The number of aromatic amines is 1. The van der Waals surface area contributed by atoms with E-state index in [2.05, 4.69) is 49.2 Å². The molecule has 0 radical (unpaired) electrons. The molecule has 0 amide bonds. The lowest BCUT2D eigenvalue weighted by atomic mass is 9.63. The Bertz CT molecular complexity index is 1100. The van der Waals surface area contributed by atoms with Gasteiger partial charge < -0.3 is 4.98 Å². The van der Waals surface area contributed by atoms with Crippen LogP contribution in [0.4, 0.5) is 0 Å². The summed E-state index contributed by atoms with van der Waals surface area (Å²) in [5.41, 5.74) is 5.51. The zero-order chi connectivity index (χ0) is 20.3. The summed E-state index contributed by atoms with van der Waals surface area (Å²) in [6, 6.07) is 13.8. The molecule has 4 rings (SSSR count). The number of rotatable bonds is 4. The summed E-state index contributed by atoms with van der Waals surface area (Å²) in [5.74, 6) is 0.290. The lowest BCUT2D eigenvalue weighted by Gasteiger charge is -2.45. The molecule has 0 fully saturated rings. The van der Waals surface area contributed by atoms with Gasteiger partial charge in [0.15, 0.2) is 0 Å². The minimum absolute atomic E-state index is 0.0449.